The molecule has 1 aliphatic rings. The second-order valence-corrected chi connectivity index (χ2v) is 4.57. The molecule has 0 aromatic carbocycles. The fourth-order valence-electron chi connectivity index (χ4n) is 1.81. The van der Waals surface area contributed by atoms with Crippen LogP contribution in [0.25, 0.3) is 0 Å². The highest BCUT2D eigenvalue weighted by atomic mass is 16.5. The Labute approximate surface area is 101 Å². The highest BCUT2D eigenvalue weighted by Gasteiger charge is 2.30. The summed E-state index contributed by atoms with van der Waals surface area (Å²) in [5.41, 5.74) is -0.884. The predicted octanol–water partition coefficient (Wildman–Crippen LogP) is 1.53. The van der Waals surface area contributed by atoms with E-state index in [9.17, 15) is 14.7 Å². The van der Waals surface area contributed by atoms with Gasteiger partial charge in [0.05, 0.1) is 0 Å². The van der Waals surface area contributed by atoms with Crippen molar-refractivity contribution >= 4 is 11.8 Å². The molecule has 1 fully saturated rings. The third kappa shape index (κ3) is 3.53. The van der Waals surface area contributed by atoms with Crippen LogP contribution in [0.3, 0.4) is 0 Å². The number of carbonyl (C=O) groups is 2. The van der Waals surface area contributed by atoms with E-state index in [2.05, 4.69) is 13.2 Å². The number of rotatable bonds is 6. The van der Waals surface area contributed by atoms with Gasteiger partial charge in [-0.1, -0.05) is 13.2 Å². The van der Waals surface area contributed by atoms with Gasteiger partial charge < -0.3 is 9.84 Å². The molecule has 0 radical (unpaired) electrons. The number of aliphatic hydroxyl groups is 1. The van der Waals surface area contributed by atoms with E-state index in [1.807, 2.05) is 0 Å². The van der Waals surface area contributed by atoms with Crippen LogP contribution in [-0.4, -0.2) is 28.6 Å². The zero-order chi connectivity index (χ0) is 13.1. The van der Waals surface area contributed by atoms with Crippen molar-refractivity contribution in [3.63, 3.8) is 0 Å². The Hall–Kier alpha value is -1.42. The molecule has 0 saturated carbocycles. The maximum absolute atomic E-state index is 11.3. The maximum atomic E-state index is 11.3. The van der Waals surface area contributed by atoms with E-state index in [1.165, 1.54) is 6.92 Å². The standard InChI is InChI=1S/C13H18O4/c1-4-11(14)13(3,16)7-5-6-10-8-9(2)12(15)17-10/h4,10,16H,1-2,5-8H2,3H3. The third-order valence-corrected chi connectivity index (χ3v) is 2.94. The van der Waals surface area contributed by atoms with Gasteiger partial charge in [0, 0.05) is 12.0 Å². The Kier molecular flexibility index (Phi) is 4.23. The fourth-order valence-corrected chi connectivity index (χ4v) is 1.81. The molecule has 94 valence electrons. The first-order chi connectivity index (χ1) is 7.86. The molecule has 2 atom stereocenters. The van der Waals surface area contributed by atoms with Gasteiger partial charge >= 0.3 is 5.97 Å². The van der Waals surface area contributed by atoms with Crippen LogP contribution in [0, 0.1) is 0 Å². The topological polar surface area (TPSA) is 63.6 Å². The smallest absolute Gasteiger partial charge is 0.333 e. The summed E-state index contributed by atoms with van der Waals surface area (Å²) < 4.78 is 5.05. The van der Waals surface area contributed by atoms with Crippen molar-refractivity contribution < 1.29 is 19.4 Å². The van der Waals surface area contributed by atoms with Gasteiger partial charge in [-0.3, -0.25) is 4.79 Å². The summed E-state index contributed by atoms with van der Waals surface area (Å²) in [6.45, 7) is 8.40. The van der Waals surface area contributed by atoms with Crippen LogP contribution >= 0.6 is 0 Å². The van der Waals surface area contributed by atoms with Gasteiger partial charge in [0.15, 0.2) is 5.78 Å². The molecule has 1 saturated heterocycles. The van der Waals surface area contributed by atoms with E-state index in [0.717, 1.165) is 6.08 Å². The SMILES string of the molecule is C=CC(=O)C(C)(O)CCCC1CC(=C)C(=O)O1. The molecule has 0 aliphatic carbocycles. The molecule has 0 aromatic heterocycles. The van der Waals surface area contributed by atoms with Crippen molar-refractivity contribution in [2.24, 2.45) is 0 Å². The quantitative estimate of drug-likeness (QED) is 0.563. The molecule has 4 nitrogen and oxygen atoms in total. The highest BCUT2D eigenvalue weighted by Crippen LogP contribution is 2.24. The Morgan fingerprint density at radius 1 is 1.71 bits per heavy atom. The molecule has 2 unspecified atom stereocenters. The van der Waals surface area contributed by atoms with E-state index in [-0.39, 0.29) is 17.9 Å². The van der Waals surface area contributed by atoms with Gasteiger partial charge in [0.25, 0.3) is 0 Å². The number of carbonyl (C=O) groups excluding carboxylic acids is 2. The van der Waals surface area contributed by atoms with E-state index < -0.39 is 5.60 Å². The molecule has 4 heteroatoms. The zero-order valence-electron chi connectivity index (χ0n) is 10.1. The molecule has 0 aromatic rings. The minimum Gasteiger partial charge on any atom is -0.459 e. The summed E-state index contributed by atoms with van der Waals surface area (Å²) in [5, 5.41) is 9.81. The number of cyclic esters (lactones) is 1. The number of hydrogen-bond acceptors (Lipinski definition) is 4. The van der Waals surface area contributed by atoms with Crippen molar-refractivity contribution in [3.05, 3.63) is 24.8 Å². The Bertz CT molecular complexity index is 338. The molecular weight excluding hydrogens is 220 g/mol. The fraction of sp³-hybridized carbons (Fsp3) is 0.538. The molecule has 0 amide bonds. The molecule has 1 N–H and O–H groups in total. The van der Waals surface area contributed by atoms with Crippen LogP contribution in [0.2, 0.25) is 0 Å². The van der Waals surface area contributed by atoms with Crippen LogP contribution in [0.4, 0.5) is 0 Å². The molecule has 1 aliphatic heterocycles. The van der Waals surface area contributed by atoms with Crippen molar-refractivity contribution in [1.29, 1.82) is 0 Å². The number of ether oxygens (including phenoxy) is 1. The summed E-state index contributed by atoms with van der Waals surface area (Å²) in [6, 6.07) is 0. The van der Waals surface area contributed by atoms with Crippen LogP contribution in [0.15, 0.2) is 24.8 Å². The van der Waals surface area contributed by atoms with E-state index in [0.29, 0.717) is 31.3 Å². The third-order valence-electron chi connectivity index (χ3n) is 2.94. The molecule has 17 heavy (non-hydrogen) atoms. The Balaban J connectivity index is 2.33. The van der Waals surface area contributed by atoms with Crippen LogP contribution < -0.4 is 0 Å². The van der Waals surface area contributed by atoms with Crippen molar-refractivity contribution in [2.45, 2.75) is 44.3 Å². The van der Waals surface area contributed by atoms with Gasteiger partial charge in [-0.05, 0) is 32.3 Å². The van der Waals surface area contributed by atoms with Crippen LogP contribution in [0.1, 0.15) is 32.6 Å². The number of esters is 1. The molecule has 0 bridgehead atoms. The summed E-state index contributed by atoms with van der Waals surface area (Å²) >= 11 is 0. The lowest BCUT2D eigenvalue weighted by Crippen LogP contribution is -2.33. The Morgan fingerprint density at radius 2 is 2.35 bits per heavy atom. The largest absolute Gasteiger partial charge is 0.459 e. The van der Waals surface area contributed by atoms with E-state index >= 15 is 0 Å². The molecule has 0 spiro atoms. The van der Waals surface area contributed by atoms with Gasteiger partial charge in [-0.25, -0.2) is 4.79 Å². The normalized spacial score (nSPS) is 23.1. The van der Waals surface area contributed by atoms with Crippen LogP contribution in [0.5, 0.6) is 0 Å². The van der Waals surface area contributed by atoms with Crippen LogP contribution in [-0.2, 0) is 14.3 Å². The lowest BCUT2D eigenvalue weighted by molar-refractivity contribution is -0.139. The van der Waals surface area contributed by atoms with Crippen molar-refractivity contribution in [1.82, 2.24) is 0 Å². The lowest BCUT2D eigenvalue weighted by Gasteiger charge is -2.20. The van der Waals surface area contributed by atoms with E-state index in [4.69, 9.17) is 4.74 Å². The highest BCUT2D eigenvalue weighted by molar-refractivity contribution is 5.95. The number of hydrogen-bond donors (Lipinski definition) is 1. The summed E-state index contributed by atoms with van der Waals surface area (Å²) in [6.07, 6.45) is 3.07. The first-order valence-corrected chi connectivity index (χ1v) is 5.65. The average Bonchev–Trinajstić information content (AvgIpc) is 2.57. The molecule has 1 rings (SSSR count). The Morgan fingerprint density at radius 3 is 2.82 bits per heavy atom. The van der Waals surface area contributed by atoms with Crippen molar-refractivity contribution in [3.8, 4) is 0 Å². The lowest BCUT2D eigenvalue weighted by atomic mass is 9.93. The van der Waals surface area contributed by atoms with Gasteiger partial charge in [-0.15, -0.1) is 0 Å². The number of ketones is 1. The second-order valence-electron chi connectivity index (χ2n) is 4.57. The minimum absolute atomic E-state index is 0.162. The van der Waals surface area contributed by atoms with E-state index in [1.54, 1.807) is 0 Å². The van der Waals surface area contributed by atoms with Gasteiger partial charge in [0.2, 0.25) is 0 Å². The first kappa shape index (κ1) is 13.6. The summed E-state index contributed by atoms with van der Waals surface area (Å²) in [4.78, 5) is 22.4. The monoisotopic (exact) mass is 238 g/mol. The zero-order valence-corrected chi connectivity index (χ0v) is 10.1. The van der Waals surface area contributed by atoms with Crippen molar-refractivity contribution in [2.75, 3.05) is 0 Å². The molecule has 1 heterocycles. The predicted molar refractivity (Wildman–Crippen MR) is 63.3 cm³/mol. The second kappa shape index (κ2) is 5.27. The average molecular weight is 238 g/mol. The van der Waals surface area contributed by atoms with Gasteiger partial charge in [-0.2, -0.15) is 0 Å². The van der Waals surface area contributed by atoms with Gasteiger partial charge in [0.1, 0.15) is 11.7 Å². The summed E-state index contributed by atoms with van der Waals surface area (Å²) in [7, 11) is 0. The minimum atomic E-state index is -1.37. The summed E-state index contributed by atoms with van der Waals surface area (Å²) in [5.74, 6) is -0.728. The maximum Gasteiger partial charge on any atom is 0.333 e. The first-order valence-electron chi connectivity index (χ1n) is 5.65. The molecular formula is C13H18O4.